The summed E-state index contributed by atoms with van der Waals surface area (Å²) >= 11 is 0. The second kappa shape index (κ2) is 5.44. The fourth-order valence-corrected chi connectivity index (χ4v) is 4.68. The number of fused-ring (bicyclic) bond motifs is 1. The average Bonchev–Trinajstić information content (AvgIpc) is 2.46. The summed E-state index contributed by atoms with van der Waals surface area (Å²) < 4.78 is 32.7. The molecule has 0 amide bonds. The molecule has 1 aromatic rings. The molecular formula is C14H20N2O3S. The summed E-state index contributed by atoms with van der Waals surface area (Å²) in [5, 5.41) is 3.28. The van der Waals surface area contributed by atoms with Crippen LogP contribution < -0.4 is 5.32 Å². The highest BCUT2D eigenvalue weighted by molar-refractivity contribution is 7.89. The van der Waals surface area contributed by atoms with Crippen LogP contribution in [-0.4, -0.2) is 45.1 Å². The van der Waals surface area contributed by atoms with Crippen LogP contribution >= 0.6 is 0 Å². The van der Waals surface area contributed by atoms with E-state index in [0.29, 0.717) is 24.6 Å². The van der Waals surface area contributed by atoms with Crippen molar-refractivity contribution in [3.63, 3.8) is 0 Å². The number of hydrogen-bond donors (Lipinski definition) is 1. The highest BCUT2D eigenvalue weighted by Gasteiger charge is 2.31. The SMILES string of the molecule is CC1CN(S(=O)(=O)c2cccc3c2CCNC3)CCO1. The lowest BCUT2D eigenvalue weighted by atomic mass is 10.0. The van der Waals surface area contributed by atoms with E-state index >= 15 is 0 Å². The second-order valence-corrected chi connectivity index (χ2v) is 7.27. The largest absolute Gasteiger partial charge is 0.376 e. The third-order valence-electron chi connectivity index (χ3n) is 3.92. The Labute approximate surface area is 120 Å². The molecule has 0 aliphatic carbocycles. The maximum absolute atomic E-state index is 12.9. The lowest BCUT2D eigenvalue weighted by Crippen LogP contribution is -2.44. The number of sulfonamides is 1. The van der Waals surface area contributed by atoms with Gasteiger partial charge in [-0.05, 0) is 37.1 Å². The molecule has 5 nitrogen and oxygen atoms in total. The molecule has 2 aliphatic rings. The van der Waals surface area contributed by atoms with Crippen molar-refractivity contribution in [3.05, 3.63) is 29.3 Å². The number of benzene rings is 1. The molecule has 0 radical (unpaired) electrons. The summed E-state index contributed by atoms with van der Waals surface area (Å²) in [5.74, 6) is 0. The van der Waals surface area contributed by atoms with E-state index in [1.54, 1.807) is 10.4 Å². The quantitative estimate of drug-likeness (QED) is 0.874. The summed E-state index contributed by atoms with van der Waals surface area (Å²) in [6.45, 7) is 4.83. The van der Waals surface area contributed by atoms with Crippen molar-refractivity contribution in [2.24, 2.45) is 0 Å². The molecule has 2 aliphatic heterocycles. The third-order valence-corrected chi connectivity index (χ3v) is 5.87. The van der Waals surface area contributed by atoms with Crippen molar-refractivity contribution in [2.45, 2.75) is 30.9 Å². The van der Waals surface area contributed by atoms with Crippen LogP contribution in [0.25, 0.3) is 0 Å². The van der Waals surface area contributed by atoms with Gasteiger partial charge >= 0.3 is 0 Å². The molecule has 1 fully saturated rings. The van der Waals surface area contributed by atoms with Crippen molar-refractivity contribution in [2.75, 3.05) is 26.2 Å². The van der Waals surface area contributed by atoms with Crippen molar-refractivity contribution in [1.82, 2.24) is 9.62 Å². The smallest absolute Gasteiger partial charge is 0.243 e. The predicted molar refractivity (Wildman–Crippen MR) is 76.0 cm³/mol. The first-order chi connectivity index (χ1) is 9.59. The summed E-state index contributed by atoms with van der Waals surface area (Å²) in [6.07, 6.45) is 0.727. The maximum atomic E-state index is 12.9. The lowest BCUT2D eigenvalue weighted by molar-refractivity contribution is 0.0101. The van der Waals surface area contributed by atoms with Crippen molar-refractivity contribution >= 4 is 10.0 Å². The molecule has 0 bridgehead atoms. The van der Waals surface area contributed by atoms with Gasteiger partial charge in [-0.3, -0.25) is 0 Å². The maximum Gasteiger partial charge on any atom is 0.243 e. The van der Waals surface area contributed by atoms with Gasteiger partial charge in [-0.25, -0.2) is 8.42 Å². The second-order valence-electron chi connectivity index (χ2n) is 5.37. The van der Waals surface area contributed by atoms with Crippen LogP contribution in [0.2, 0.25) is 0 Å². The molecule has 2 heterocycles. The van der Waals surface area contributed by atoms with Crippen molar-refractivity contribution in [1.29, 1.82) is 0 Å². The third kappa shape index (κ3) is 2.48. The van der Waals surface area contributed by atoms with Crippen LogP contribution in [-0.2, 0) is 27.7 Å². The first-order valence-corrected chi connectivity index (χ1v) is 8.46. The molecule has 1 aromatic carbocycles. The molecule has 6 heteroatoms. The summed E-state index contributed by atoms with van der Waals surface area (Å²) in [5.41, 5.74) is 2.07. The van der Waals surface area contributed by atoms with Crippen LogP contribution in [0.3, 0.4) is 0 Å². The lowest BCUT2D eigenvalue weighted by Gasteiger charge is -2.31. The van der Waals surface area contributed by atoms with Gasteiger partial charge in [-0.15, -0.1) is 0 Å². The predicted octanol–water partition coefficient (Wildman–Crippen LogP) is 0.742. The molecule has 1 N–H and O–H groups in total. The van der Waals surface area contributed by atoms with Crippen LogP contribution in [0.5, 0.6) is 0 Å². The Balaban J connectivity index is 1.99. The first kappa shape index (κ1) is 14.0. The number of morpholine rings is 1. The van der Waals surface area contributed by atoms with Gasteiger partial charge in [0, 0.05) is 19.6 Å². The molecule has 110 valence electrons. The molecule has 3 rings (SSSR count). The van der Waals surface area contributed by atoms with Gasteiger partial charge in [0.2, 0.25) is 10.0 Å². The van der Waals surface area contributed by atoms with E-state index in [4.69, 9.17) is 4.74 Å². The van der Waals surface area contributed by atoms with E-state index in [0.717, 1.165) is 30.6 Å². The minimum absolute atomic E-state index is 0.0419. The molecule has 0 aromatic heterocycles. The van der Waals surface area contributed by atoms with Crippen molar-refractivity contribution in [3.8, 4) is 0 Å². The van der Waals surface area contributed by atoms with E-state index < -0.39 is 10.0 Å². The normalized spacial score (nSPS) is 24.4. The van der Waals surface area contributed by atoms with Gasteiger partial charge in [0.25, 0.3) is 0 Å². The van der Waals surface area contributed by atoms with Crippen LogP contribution in [0.15, 0.2) is 23.1 Å². The highest BCUT2D eigenvalue weighted by atomic mass is 32.2. The summed E-state index contributed by atoms with van der Waals surface area (Å²) in [7, 11) is -3.41. The van der Waals surface area contributed by atoms with Crippen molar-refractivity contribution < 1.29 is 13.2 Å². The summed E-state index contributed by atoms with van der Waals surface area (Å²) in [4.78, 5) is 0.477. The zero-order valence-electron chi connectivity index (χ0n) is 11.6. The van der Waals surface area contributed by atoms with E-state index in [9.17, 15) is 8.42 Å². The molecule has 0 spiro atoms. The van der Waals surface area contributed by atoms with E-state index in [2.05, 4.69) is 5.32 Å². The standard InChI is InChI=1S/C14H20N2O3S/c1-11-10-16(7-8-19-11)20(17,18)14-4-2-3-12-9-15-6-5-13(12)14/h2-4,11,15H,5-10H2,1H3. The van der Waals surface area contributed by atoms with Gasteiger partial charge in [0.1, 0.15) is 0 Å². The van der Waals surface area contributed by atoms with Crippen LogP contribution in [0.4, 0.5) is 0 Å². The highest BCUT2D eigenvalue weighted by Crippen LogP contribution is 2.26. The number of rotatable bonds is 2. The van der Waals surface area contributed by atoms with E-state index in [1.807, 2.05) is 19.1 Å². The Kier molecular flexibility index (Phi) is 3.81. The monoisotopic (exact) mass is 296 g/mol. The fourth-order valence-electron chi connectivity index (χ4n) is 2.88. The minimum Gasteiger partial charge on any atom is -0.376 e. The number of nitrogens with zero attached hydrogens (tertiary/aromatic N) is 1. The molecule has 0 saturated carbocycles. The number of ether oxygens (including phenoxy) is 1. The Morgan fingerprint density at radius 2 is 2.25 bits per heavy atom. The van der Waals surface area contributed by atoms with E-state index in [-0.39, 0.29) is 6.10 Å². The summed E-state index contributed by atoms with van der Waals surface area (Å²) in [6, 6.07) is 5.57. The number of hydrogen-bond acceptors (Lipinski definition) is 4. The molecular weight excluding hydrogens is 276 g/mol. The van der Waals surface area contributed by atoms with Crippen LogP contribution in [0, 0.1) is 0 Å². The Morgan fingerprint density at radius 3 is 3.05 bits per heavy atom. The zero-order valence-corrected chi connectivity index (χ0v) is 12.4. The fraction of sp³-hybridized carbons (Fsp3) is 0.571. The van der Waals surface area contributed by atoms with Crippen LogP contribution in [0.1, 0.15) is 18.1 Å². The average molecular weight is 296 g/mol. The Hall–Kier alpha value is -0.950. The number of nitrogens with one attached hydrogen (secondary N) is 1. The van der Waals surface area contributed by atoms with Gasteiger partial charge < -0.3 is 10.1 Å². The molecule has 1 unspecified atom stereocenters. The van der Waals surface area contributed by atoms with Gasteiger partial charge in [-0.2, -0.15) is 4.31 Å². The van der Waals surface area contributed by atoms with Gasteiger partial charge in [-0.1, -0.05) is 12.1 Å². The molecule has 1 saturated heterocycles. The topological polar surface area (TPSA) is 58.6 Å². The minimum atomic E-state index is -3.41. The van der Waals surface area contributed by atoms with Gasteiger partial charge in [0.05, 0.1) is 17.6 Å². The first-order valence-electron chi connectivity index (χ1n) is 7.02. The molecule has 1 atom stereocenters. The van der Waals surface area contributed by atoms with Gasteiger partial charge in [0.15, 0.2) is 0 Å². The Morgan fingerprint density at radius 1 is 1.40 bits per heavy atom. The Bertz CT molecular complexity index is 600. The molecule has 20 heavy (non-hydrogen) atoms. The zero-order chi connectivity index (χ0) is 14.2. The van der Waals surface area contributed by atoms with E-state index in [1.165, 1.54) is 0 Å².